The number of nitrogens with one attached hydrogen (secondary N) is 1. The Morgan fingerprint density at radius 3 is 2.57 bits per heavy atom. The van der Waals surface area contributed by atoms with Crippen molar-refractivity contribution in [2.45, 2.75) is 25.4 Å². The van der Waals surface area contributed by atoms with Crippen molar-refractivity contribution in [3.05, 3.63) is 59.2 Å². The first-order valence-electron chi connectivity index (χ1n) is 8.99. The van der Waals surface area contributed by atoms with Gasteiger partial charge in [-0.1, -0.05) is 36.0 Å². The molecule has 0 aliphatic rings. The molecule has 0 spiro atoms. The molecule has 0 atom stereocenters. The molecule has 3 aromatic rings. The summed E-state index contributed by atoms with van der Waals surface area (Å²) < 4.78 is 10.5. The number of carbonyl (C=O) groups is 1. The lowest BCUT2D eigenvalue weighted by atomic mass is 10.1. The molecule has 5 nitrogen and oxygen atoms in total. The van der Waals surface area contributed by atoms with Crippen LogP contribution in [0.5, 0.6) is 11.5 Å². The summed E-state index contributed by atoms with van der Waals surface area (Å²) >= 11 is 1.45. The number of ether oxygens (including phenoxy) is 2. The van der Waals surface area contributed by atoms with E-state index in [9.17, 15) is 4.79 Å². The zero-order valence-corrected chi connectivity index (χ0v) is 17.4. The Kier molecular flexibility index (Phi) is 6.41. The van der Waals surface area contributed by atoms with E-state index in [4.69, 9.17) is 14.5 Å². The van der Waals surface area contributed by atoms with Gasteiger partial charge in [-0.2, -0.15) is 0 Å². The number of methoxy groups -OCH3 is 2. The van der Waals surface area contributed by atoms with Crippen molar-refractivity contribution in [2.24, 2.45) is 0 Å². The second kappa shape index (κ2) is 8.97. The van der Waals surface area contributed by atoms with E-state index in [0.717, 1.165) is 27.1 Å². The highest BCUT2D eigenvalue weighted by molar-refractivity contribution is 7.99. The fraction of sp³-hybridized carbons (Fsp3) is 0.273. The SMILES string of the molecule is COc1ccc(CNC(=O)CSc2cc(C)c3cccc(C)c3n2)cc1OC. The van der Waals surface area contributed by atoms with Gasteiger partial charge in [-0.05, 0) is 48.7 Å². The molecule has 1 heterocycles. The number of para-hydroxylation sites is 1. The van der Waals surface area contributed by atoms with Gasteiger partial charge < -0.3 is 14.8 Å². The summed E-state index contributed by atoms with van der Waals surface area (Å²) in [6, 6.07) is 13.8. The van der Waals surface area contributed by atoms with Crippen LogP contribution in [0.3, 0.4) is 0 Å². The first-order valence-corrected chi connectivity index (χ1v) is 9.97. The van der Waals surface area contributed by atoms with Crippen molar-refractivity contribution < 1.29 is 14.3 Å². The Morgan fingerprint density at radius 1 is 1.04 bits per heavy atom. The van der Waals surface area contributed by atoms with Crippen LogP contribution in [0.15, 0.2) is 47.5 Å². The number of benzene rings is 2. The van der Waals surface area contributed by atoms with Gasteiger partial charge in [0.05, 0.1) is 30.5 Å². The standard InChI is InChI=1S/C22H24N2O3S/c1-14-6-5-7-17-15(2)10-21(24-22(14)17)28-13-20(25)23-12-16-8-9-18(26-3)19(11-16)27-4/h5-11H,12-13H2,1-4H3,(H,23,25). The molecular weight excluding hydrogens is 372 g/mol. The van der Waals surface area contributed by atoms with E-state index in [1.54, 1.807) is 14.2 Å². The normalized spacial score (nSPS) is 10.7. The van der Waals surface area contributed by atoms with Crippen LogP contribution < -0.4 is 14.8 Å². The van der Waals surface area contributed by atoms with Gasteiger partial charge in [0.2, 0.25) is 5.91 Å². The molecular formula is C22H24N2O3S. The van der Waals surface area contributed by atoms with Crippen LogP contribution in [0.2, 0.25) is 0 Å². The first kappa shape index (κ1) is 20.0. The zero-order chi connectivity index (χ0) is 20.1. The number of nitrogens with zero attached hydrogens (tertiary/aromatic N) is 1. The van der Waals surface area contributed by atoms with Crippen molar-refractivity contribution in [3.63, 3.8) is 0 Å². The summed E-state index contributed by atoms with van der Waals surface area (Å²) in [7, 11) is 3.19. The molecule has 1 N–H and O–H groups in total. The molecule has 0 saturated carbocycles. The van der Waals surface area contributed by atoms with Crippen LogP contribution in [0.1, 0.15) is 16.7 Å². The summed E-state index contributed by atoms with van der Waals surface area (Å²) in [5, 5.41) is 4.95. The van der Waals surface area contributed by atoms with Gasteiger partial charge in [-0.3, -0.25) is 4.79 Å². The minimum absolute atomic E-state index is 0.0379. The number of aromatic nitrogens is 1. The molecule has 0 aliphatic heterocycles. The molecule has 28 heavy (non-hydrogen) atoms. The quantitative estimate of drug-likeness (QED) is 0.604. The fourth-order valence-electron chi connectivity index (χ4n) is 2.99. The lowest BCUT2D eigenvalue weighted by Crippen LogP contribution is -2.24. The maximum absolute atomic E-state index is 12.3. The lowest BCUT2D eigenvalue weighted by Gasteiger charge is -2.11. The molecule has 1 amide bonds. The van der Waals surface area contributed by atoms with Crippen LogP contribution >= 0.6 is 11.8 Å². The van der Waals surface area contributed by atoms with Gasteiger partial charge >= 0.3 is 0 Å². The van der Waals surface area contributed by atoms with Crippen molar-refractivity contribution >= 4 is 28.6 Å². The van der Waals surface area contributed by atoms with Gasteiger partial charge in [0.25, 0.3) is 0 Å². The number of hydrogen-bond donors (Lipinski definition) is 1. The Morgan fingerprint density at radius 2 is 1.82 bits per heavy atom. The van der Waals surface area contributed by atoms with Crippen molar-refractivity contribution in [1.82, 2.24) is 10.3 Å². The molecule has 6 heteroatoms. The summed E-state index contributed by atoms with van der Waals surface area (Å²) in [5.41, 5.74) is 4.25. The maximum atomic E-state index is 12.3. The Bertz CT molecular complexity index is 1000. The third-order valence-corrected chi connectivity index (χ3v) is 5.42. The number of hydrogen-bond acceptors (Lipinski definition) is 5. The van der Waals surface area contributed by atoms with E-state index in [2.05, 4.69) is 31.3 Å². The lowest BCUT2D eigenvalue weighted by molar-refractivity contribution is -0.118. The third kappa shape index (κ3) is 4.57. The van der Waals surface area contributed by atoms with Gasteiger partial charge in [0.15, 0.2) is 11.5 Å². The highest BCUT2D eigenvalue weighted by Gasteiger charge is 2.09. The average Bonchev–Trinajstić information content (AvgIpc) is 2.71. The number of thioether (sulfide) groups is 1. The summed E-state index contributed by atoms with van der Waals surface area (Å²) in [6.45, 7) is 4.56. The maximum Gasteiger partial charge on any atom is 0.230 e. The minimum Gasteiger partial charge on any atom is -0.493 e. The van der Waals surface area contributed by atoms with E-state index in [-0.39, 0.29) is 5.91 Å². The molecule has 146 valence electrons. The number of carbonyl (C=O) groups excluding carboxylic acids is 1. The monoisotopic (exact) mass is 396 g/mol. The van der Waals surface area contributed by atoms with Crippen molar-refractivity contribution in [1.29, 1.82) is 0 Å². The van der Waals surface area contributed by atoms with Crippen molar-refractivity contribution in [2.75, 3.05) is 20.0 Å². The Hall–Kier alpha value is -2.73. The van der Waals surface area contributed by atoms with E-state index >= 15 is 0 Å². The summed E-state index contributed by atoms with van der Waals surface area (Å²) in [4.78, 5) is 17.0. The molecule has 0 fully saturated rings. The van der Waals surface area contributed by atoms with Crippen LogP contribution in [-0.2, 0) is 11.3 Å². The number of fused-ring (bicyclic) bond motifs is 1. The highest BCUT2D eigenvalue weighted by atomic mass is 32.2. The smallest absolute Gasteiger partial charge is 0.230 e. The van der Waals surface area contributed by atoms with E-state index in [1.807, 2.05) is 30.3 Å². The summed E-state index contributed by atoms with van der Waals surface area (Å²) in [5.74, 6) is 1.59. The zero-order valence-electron chi connectivity index (χ0n) is 16.5. The average molecular weight is 397 g/mol. The fourth-order valence-corrected chi connectivity index (χ4v) is 3.78. The van der Waals surface area contributed by atoms with E-state index in [0.29, 0.717) is 23.8 Å². The molecule has 3 rings (SSSR count). The molecule has 0 bridgehead atoms. The number of rotatable bonds is 7. The van der Waals surface area contributed by atoms with Gasteiger partial charge in [0.1, 0.15) is 0 Å². The largest absolute Gasteiger partial charge is 0.493 e. The molecule has 2 aromatic carbocycles. The minimum atomic E-state index is -0.0379. The Labute approximate surface area is 169 Å². The third-order valence-electron chi connectivity index (χ3n) is 4.51. The van der Waals surface area contributed by atoms with Gasteiger partial charge in [-0.15, -0.1) is 0 Å². The molecule has 0 aliphatic carbocycles. The van der Waals surface area contributed by atoms with Crippen molar-refractivity contribution in [3.8, 4) is 11.5 Å². The van der Waals surface area contributed by atoms with E-state index in [1.165, 1.54) is 17.3 Å². The second-order valence-corrected chi connectivity index (χ2v) is 7.50. The molecule has 0 unspecified atom stereocenters. The predicted octanol–water partition coefficient (Wildman–Crippen LogP) is 4.28. The van der Waals surface area contributed by atoms with Crippen LogP contribution in [0, 0.1) is 13.8 Å². The molecule has 1 aromatic heterocycles. The first-order chi connectivity index (χ1) is 13.5. The summed E-state index contributed by atoms with van der Waals surface area (Å²) in [6.07, 6.45) is 0. The number of pyridine rings is 1. The van der Waals surface area contributed by atoms with Crippen LogP contribution in [0.25, 0.3) is 10.9 Å². The topological polar surface area (TPSA) is 60.5 Å². The van der Waals surface area contributed by atoms with Crippen LogP contribution in [0.4, 0.5) is 0 Å². The predicted molar refractivity (Wildman–Crippen MR) is 113 cm³/mol. The van der Waals surface area contributed by atoms with Gasteiger partial charge in [0, 0.05) is 11.9 Å². The Balaban J connectivity index is 1.60. The van der Waals surface area contributed by atoms with E-state index < -0.39 is 0 Å². The molecule has 0 radical (unpaired) electrons. The molecule has 0 saturated heterocycles. The number of amides is 1. The van der Waals surface area contributed by atoms with Crippen LogP contribution in [-0.4, -0.2) is 30.9 Å². The van der Waals surface area contributed by atoms with Gasteiger partial charge in [-0.25, -0.2) is 4.98 Å². The second-order valence-electron chi connectivity index (χ2n) is 6.50. The highest BCUT2D eigenvalue weighted by Crippen LogP contribution is 2.28. The number of aryl methyl sites for hydroxylation is 2.